The van der Waals surface area contributed by atoms with Gasteiger partial charge in [-0.3, -0.25) is 9.59 Å². The van der Waals surface area contributed by atoms with Crippen molar-refractivity contribution in [1.29, 1.82) is 0 Å². The number of carbonyl (C=O) groups excluding carboxylic acids is 2. The number of ether oxygens (including phenoxy) is 1. The van der Waals surface area contributed by atoms with E-state index in [0.29, 0.717) is 11.4 Å². The lowest BCUT2D eigenvalue weighted by molar-refractivity contribution is -0.144. The number of hydrogen-bond donors (Lipinski definition) is 1. The van der Waals surface area contributed by atoms with Crippen LogP contribution in [0.25, 0.3) is 0 Å². The third kappa shape index (κ3) is 6.33. The summed E-state index contributed by atoms with van der Waals surface area (Å²) in [5.74, 6) is -0.472. The third-order valence-electron chi connectivity index (χ3n) is 2.91. The van der Waals surface area contributed by atoms with Gasteiger partial charge >= 0.3 is 5.97 Å². The van der Waals surface area contributed by atoms with Gasteiger partial charge in [0.05, 0.1) is 11.4 Å². The molecule has 0 heterocycles. The van der Waals surface area contributed by atoms with Crippen LogP contribution in [0.5, 0.6) is 0 Å². The van der Waals surface area contributed by atoms with Gasteiger partial charge in [0.1, 0.15) is 5.82 Å². The third-order valence-corrected chi connectivity index (χ3v) is 4.58. The highest BCUT2D eigenvalue weighted by Gasteiger charge is 2.09. The summed E-state index contributed by atoms with van der Waals surface area (Å²) >= 11 is 4.66. The van der Waals surface area contributed by atoms with Gasteiger partial charge in [0.2, 0.25) is 0 Å². The molecule has 1 N–H and O–H groups in total. The Morgan fingerprint density at radius 1 is 1.12 bits per heavy atom. The summed E-state index contributed by atoms with van der Waals surface area (Å²) in [6, 6.07) is 13.2. The molecule has 0 atom stereocenters. The first-order valence-corrected chi connectivity index (χ1v) is 9.01. The number of thioether (sulfide) groups is 1. The van der Waals surface area contributed by atoms with Gasteiger partial charge in [0.15, 0.2) is 6.61 Å². The van der Waals surface area contributed by atoms with Crippen molar-refractivity contribution in [3.63, 3.8) is 0 Å². The van der Waals surface area contributed by atoms with E-state index in [-0.39, 0.29) is 18.2 Å². The molecule has 0 aliphatic carbocycles. The summed E-state index contributed by atoms with van der Waals surface area (Å²) in [5, 5.41) is 2.65. The van der Waals surface area contributed by atoms with E-state index in [0.717, 1.165) is 10.0 Å². The van der Waals surface area contributed by atoms with Gasteiger partial charge in [0.25, 0.3) is 5.91 Å². The maximum absolute atomic E-state index is 12.8. The molecule has 0 saturated heterocycles. The number of esters is 1. The zero-order valence-corrected chi connectivity index (χ0v) is 15.0. The van der Waals surface area contributed by atoms with Crippen molar-refractivity contribution >= 4 is 45.3 Å². The van der Waals surface area contributed by atoms with E-state index in [2.05, 4.69) is 21.2 Å². The van der Waals surface area contributed by atoms with Crippen LogP contribution in [0.2, 0.25) is 0 Å². The van der Waals surface area contributed by atoms with Gasteiger partial charge in [-0.2, -0.15) is 0 Å². The van der Waals surface area contributed by atoms with Crippen LogP contribution >= 0.6 is 27.7 Å². The highest BCUT2D eigenvalue weighted by Crippen LogP contribution is 2.21. The number of carbonyl (C=O) groups is 2. The van der Waals surface area contributed by atoms with Crippen molar-refractivity contribution in [2.75, 3.05) is 17.7 Å². The summed E-state index contributed by atoms with van der Waals surface area (Å²) in [6.45, 7) is -0.336. The standard InChI is InChI=1S/C17H15BrFNO3S/c18-14-3-1-2-4-15(14)20-16(21)9-23-17(22)11-24-10-12-5-7-13(19)8-6-12/h1-8H,9-11H2,(H,20,21). The van der Waals surface area contributed by atoms with Crippen molar-refractivity contribution in [3.8, 4) is 0 Å². The predicted molar refractivity (Wildman–Crippen MR) is 96.3 cm³/mol. The molecule has 0 aromatic heterocycles. The lowest BCUT2D eigenvalue weighted by atomic mass is 10.2. The lowest BCUT2D eigenvalue weighted by Crippen LogP contribution is -2.21. The molecule has 0 fully saturated rings. The molecule has 1 amide bonds. The Balaban J connectivity index is 1.66. The largest absolute Gasteiger partial charge is 0.455 e. The molecule has 0 unspecified atom stereocenters. The molecule has 7 heteroatoms. The second-order valence-electron chi connectivity index (χ2n) is 4.81. The monoisotopic (exact) mass is 411 g/mol. The van der Waals surface area contributed by atoms with Gasteiger partial charge in [-0.05, 0) is 45.8 Å². The SMILES string of the molecule is O=C(COC(=O)CSCc1ccc(F)cc1)Nc1ccccc1Br. The summed E-state index contributed by atoms with van der Waals surface area (Å²) < 4.78 is 18.4. The Kier molecular flexibility index (Phi) is 7.27. The summed E-state index contributed by atoms with van der Waals surface area (Å²) in [4.78, 5) is 23.4. The summed E-state index contributed by atoms with van der Waals surface area (Å²) in [6.07, 6.45) is 0. The van der Waals surface area contributed by atoms with Gasteiger partial charge < -0.3 is 10.1 Å². The Bertz CT molecular complexity index is 709. The Morgan fingerprint density at radius 2 is 1.83 bits per heavy atom. The molecular formula is C17H15BrFNO3S. The molecule has 126 valence electrons. The van der Waals surface area contributed by atoms with Crippen molar-refractivity contribution in [3.05, 3.63) is 64.4 Å². The highest BCUT2D eigenvalue weighted by atomic mass is 79.9. The fourth-order valence-corrected chi connectivity index (χ4v) is 2.93. The van der Waals surface area contributed by atoms with E-state index >= 15 is 0 Å². The molecule has 0 aliphatic rings. The van der Waals surface area contributed by atoms with Crippen LogP contribution in [-0.4, -0.2) is 24.2 Å². The van der Waals surface area contributed by atoms with E-state index in [9.17, 15) is 14.0 Å². The minimum absolute atomic E-state index is 0.125. The number of para-hydroxylation sites is 1. The van der Waals surface area contributed by atoms with Crippen molar-refractivity contribution in [2.45, 2.75) is 5.75 Å². The summed E-state index contributed by atoms with van der Waals surface area (Å²) in [5.41, 5.74) is 1.53. The zero-order valence-electron chi connectivity index (χ0n) is 12.6. The molecule has 24 heavy (non-hydrogen) atoms. The molecule has 2 aromatic rings. The smallest absolute Gasteiger partial charge is 0.316 e. The van der Waals surface area contributed by atoms with Crippen LogP contribution < -0.4 is 5.32 Å². The molecule has 0 bridgehead atoms. The van der Waals surface area contributed by atoms with Gasteiger partial charge in [-0.25, -0.2) is 4.39 Å². The minimum Gasteiger partial charge on any atom is -0.455 e. The van der Waals surface area contributed by atoms with Gasteiger partial charge in [-0.1, -0.05) is 24.3 Å². The number of halogens is 2. The maximum Gasteiger partial charge on any atom is 0.316 e. The second-order valence-corrected chi connectivity index (χ2v) is 6.65. The quantitative estimate of drug-likeness (QED) is 0.699. The van der Waals surface area contributed by atoms with E-state index in [4.69, 9.17) is 4.74 Å². The molecule has 0 radical (unpaired) electrons. The normalized spacial score (nSPS) is 10.2. The lowest BCUT2D eigenvalue weighted by Gasteiger charge is -2.08. The molecule has 4 nitrogen and oxygen atoms in total. The first-order chi connectivity index (χ1) is 11.5. The Morgan fingerprint density at radius 3 is 2.54 bits per heavy atom. The van der Waals surface area contributed by atoms with Crippen LogP contribution in [-0.2, 0) is 20.1 Å². The molecule has 0 spiro atoms. The number of amides is 1. The van der Waals surface area contributed by atoms with Crippen LogP contribution in [0.1, 0.15) is 5.56 Å². The fraction of sp³-hybridized carbons (Fsp3) is 0.176. The molecule has 2 aromatic carbocycles. The topological polar surface area (TPSA) is 55.4 Å². The first kappa shape index (κ1) is 18.5. The minimum atomic E-state index is -0.468. The van der Waals surface area contributed by atoms with Crippen LogP contribution in [0.4, 0.5) is 10.1 Å². The fourth-order valence-electron chi connectivity index (χ4n) is 1.77. The van der Waals surface area contributed by atoms with Crippen LogP contribution in [0, 0.1) is 5.82 Å². The molecule has 2 rings (SSSR count). The zero-order chi connectivity index (χ0) is 17.4. The van der Waals surface area contributed by atoms with Crippen molar-refractivity contribution in [1.82, 2.24) is 0 Å². The van der Waals surface area contributed by atoms with Gasteiger partial charge in [0, 0.05) is 10.2 Å². The molecule has 0 aliphatic heterocycles. The van der Waals surface area contributed by atoms with Crippen molar-refractivity contribution < 1.29 is 18.7 Å². The second kappa shape index (κ2) is 9.44. The van der Waals surface area contributed by atoms with E-state index in [1.165, 1.54) is 23.9 Å². The number of nitrogens with one attached hydrogen (secondary N) is 1. The number of anilines is 1. The first-order valence-electron chi connectivity index (χ1n) is 7.07. The van der Waals surface area contributed by atoms with Gasteiger partial charge in [-0.15, -0.1) is 11.8 Å². The van der Waals surface area contributed by atoms with Crippen LogP contribution in [0.15, 0.2) is 53.0 Å². The van der Waals surface area contributed by atoms with E-state index < -0.39 is 11.9 Å². The van der Waals surface area contributed by atoms with E-state index in [1.54, 1.807) is 30.3 Å². The Hall–Kier alpha value is -1.86. The number of rotatable bonds is 7. The summed E-state index contributed by atoms with van der Waals surface area (Å²) in [7, 11) is 0. The average Bonchev–Trinajstić information content (AvgIpc) is 2.57. The number of hydrogen-bond acceptors (Lipinski definition) is 4. The Labute approximate surface area is 151 Å². The predicted octanol–water partition coefficient (Wildman–Crippen LogP) is 4.00. The van der Waals surface area contributed by atoms with Crippen LogP contribution in [0.3, 0.4) is 0 Å². The molecule has 0 saturated carbocycles. The van der Waals surface area contributed by atoms with Crippen molar-refractivity contribution in [2.24, 2.45) is 0 Å². The number of benzene rings is 2. The molecular weight excluding hydrogens is 397 g/mol. The highest BCUT2D eigenvalue weighted by molar-refractivity contribution is 9.10. The van der Waals surface area contributed by atoms with E-state index in [1.807, 2.05) is 6.07 Å². The maximum atomic E-state index is 12.8. The average molecular weight is 412 g/mol.